The highest BCUT2D eigenvalue weighted by molar-refractivity contribution is 6.34. The van der Waals surface area contributed by atoms with E-state index in [4.69, 9.17) is 37.3 Å². The molecule has 13 heteroatoms. The van der Waals surface area contributed by atoms with E-state index >= 15 is 0 Å². The van der Waals surface area contributed by atoms with Gasteiger partial charge in [-0.3, -0.25) is 9.59 Å². The number of anilines is 1. The molecule has 0 saturated heterocycles. The van der Waals surface area contributed by atoms with Crippen molar-refractivity contribution in [2.24, 2.45) is 46.5 Å². The third kappa shape index (κ3) is 6.74. The van der Waals surface area contributed by atoms with Gasteiger partial charge in [0, 0.05) is 29.4 Å². The highest BCUT2D eigenvalue weighted by Gasteiger charge is 2.83. The summed E-state index contributed by atoms with van der Waals surface area (Å²) < 4.78 is 17.2. The van der Waals surface area contributed by atoms with E-state index in [2.05, 4.69) is 16.0 Å². The SMILES string of the molecule is COC(=O)/C=C/c1ccc(C(OC)=C2C3CC4CC5CC2C453)c(Cl)c1OCc1ccc(NC(=O)[C@@H](CCCNC(N)=O)NC(=O)[C@@H](N)C(C)C)cc1. The molecular formula is C39H48ClN5O7. The Labute approximate surface area is 309 Å². The number of nitrogens with one attached hydrogen (secondary N) is 3. The molecule has 0 heterocycles. The number of hydrogen-bond donors (Lipinski definition) is 5. The summed E-state index contributed by atoms with van der Waals surface area (Å²) in [6, 6.07) is 8.55. The van der Waals surface area contributed by atoms with Crippen LogP contribution in [0, 0.1) is 35.0 Å². The van der Waals surface area contributed by atoms with Crippen molar-refractivity contribution in [3.8, 4) is 5.75 Å². The summed E-state index contributed by atoms with van der Waals surface area (Å²) in [7, 11) is 3.01. The second kappa shape index (κ2) is 15.2. The fraction of sp³-hybridized carbons (Fsp3) is 0.487. The van der Waals surface area contributed by atoms with E-state index < -0.39 is 35.9 Å². The summed E-state index contributed by atoms with van der Waals surface area (Å²) in [5, 5.41) is 8.48. The van der Waals surface area contributed by atoms with Crippen LogP contribution in [0.3, 0.4) is 0 Å². The van der Waals surface area contributed by atoms with Crippen LogP contribution >= 0.6 is 11.6 Å². The first-order valence-corrected chi connectivity index (χ1v) is 18.3. The van der Waals surface area contributed by atoms with Gasteiger partial charge in [0.1, 0.15) is 24.2 Å². The smallest absolute Gasteiger partial charge is 0.330 e. The Balaban J connectivity index is 1.16. The van der Waals surface area contributed by atoms with Gasteiger partial charge in [-0.15, -0.1) is 0 Å². The van der Waals surface area contributed by atoms with Gasteiger partial charge >= 0.3 is 12.0 Å². The summed E-state index contributed by atoms with van der Waals surface area (Å²) >= 11 is 7.11. The molecule has 0 aliphatic heterocycles. The second-order valence-corrected chi connectivity index (χ2v) is 15.0. The Morgan fingerprint density at radius 2 is 1.67 bits per heavy atom. The monoisotopic (exact) mass is 733 g/mol. The van der Waals surface area contributed by atoms with Gasteiger partial charge in [0.2, 0.25) is 11.8 Å². The van der Waals surface area contributed by atoms with Gasteiger partial charge in [-0.25, -0.2) is 9.59 Å². The lowest BCUT2D eigenvalue weighted by Gasteiger charge is -2.87. The van der Waals surface area contributed by atoms with Crippen molar-refractivity contribution >= 4 is 52.9 Å². The van der Waals surface area contributed by atoms with Gasteiger partial charge in [0.15, 0.2) is 0 Å². The number of esters is 1. The van der Waals surface area contributed by atoms with Crippen molar-refractivity contribution in [2.45, 2.75) is 64.6 Å². The molecule has 4 unspecified atom stereocenters. The van der Waals surface area contributed by atoms with Gasteiger partial charge in [-0.05, 0) is 103 Å². The fourth-order valence-electron chi connectivity index (χ4n) is 8.88. The Morgan fingerprint density at radius 1 is 0.981 bits per heavy atom. The van der Waals surface area contributed by atoms with Crippen LogP contribution < -0.4 is 32.2 Å². The van der Waals surface area contributed by atoms with E-state index in [0.717, 1.165) is 28.7 Å². The summed E-state index contributed by atoms with van der Waals surface area (Å²) in [6.45, 7) is 4.04. The quantitative estimate of drug-likeness (QED) is 0.0691. The average Bonchev–Trinajstić information content (AvgIpc) is 3.08. The lowest BCUT2D eigenvalue weighted by atomic mass is 9.17. The summed E-state index contributed by atoms with van der Waals surface area (Å²) in [4.78, 5) is 49.0. The minimum absolute atomic E-state index is 0.121. The molecule has 4 amide bonds. The highest BCUT2D eigenvalue weighted by atomic mass is 35.5. The van der Waals surface area contributed by atoms with E-state index in [0.29, 0.717) is 45.7 Å². The number of methoxy groups -OCH3 is 2. The first-order chi connectivity index (χ1) is 24.9. The van der Waals surface area contributed by atoms with Crippen molar-refractivity contribution < 1.29 is 33.4 Å². The van der Waals surface area contributed by atoms with E-state index in [-0.39, 0.29) is 25.5 Å². The standard InChI is InChI=1S/C39H48ClN5O7/c1-20(2)33(41)37(48)45-29(6-5-15-43-38(42)49)36(47)44-25-11-7-21(8-12-25)19-52-34-22(10-14-30(46)50-3)9-13-26(32(34)40)35(51-4)31-27-17-23-16-24-18-28(31)39(23,24)27/h7-14,20,23-24,27-29,33H,5-6,15-19,41H2,1-4H3,(H,44,47)(H,45,48)(H3,42,43,49)/b14-10+,35-31?/t23?,24?,27?,28?,29-,33+,39?/m1/s1. The van der Waals surface area contributed by atoms with Crippen LogP contribution in [-0.4, -0.2) is 56.7 Å². The first-order valence-electron chi connectivity index (χ1n) is 17.9. The second-order valence-electron chi connectivity index (χ2n) is 14.6. The number of ether oxygens (including phenoxy) is 3. The van der Waals surface area contributed by atoms with Crippen molar-refractivity contribution in [1.29, 1.82) is 0 Å². The summed E-state index contributed by atoms with van der Waals surface area (Å²) in [5.74, 6) is 2.64. The van der Waals surface area contributed by atoms with E-state index in [9.17, 15) is 19.2 Å². The number of amides is 4. The van der Waals surface area contributed by atoms with Crippen LogP contribution in [0.1, 0.15) is 62.6 Å². The third-order valence-electron chi connectivity index (χ3n) is 11.6. The van der Waals surface area contributed by atoms with Crippen LogP contribution in [-0.2, 0) is 30.5 Å². The van der Waals surface area contributed by atoms with Crippen molar-refractivity contribution in [3.63, 3.8) is 0 Å². The minimum Gasteiger partial charge on any atom is -0.496 e. The van der Waals surface area contributed by atoms with E-state index in [1.807, 2.05) is 38.1 Å². The summed E-state index contributed by atoms with van der Waals surface area (Å²) in [6.07, 6.45) is 7.42. The van der Waals surface area contributed by atoms with Crippen molar-refractivity contribution in [3.05, 3.63) is 69.8 Å². The zero-order valence-electron chi connectivity index (χ0n) is 30.0. The molecule has 4 aliphatic rings. The van der Waals surface area contributed by atoms with Crippen LogP contribution in [0.15, 0.2) is 48.0 Å². The van der Waals surface area contributed by atoms with Crippen LogP contribution in [0.2, 0.25) is 5.02 Å². The molecule has 0 bridgehead atoms. The van der Waals surface area contributed by atoms with Crippen LogP contribution in [0.5, 0.6) is 5.75 Å². The number of primary amides is 1. The topological polar surface area (TPSA) is 184 Å². The Hall–Kier alpha value is -4.55. The minimum atomic E-state index is -0.886. The molecule has 1 spiro atoms. The van der Waals surface area contributed by atoms with Crippen molar-refractivity contribution in [1.82, 2.24) is 10.6 Å². The number of allylic oxidation sites excluding steroid dienone is 1. The maximum absolute atomic E-state index is 13.3. The maximum atomic E-state index is 13.3. The molecule has 2 aromatic carbocycles. The molecule has 0 aromatic heterocycles. The first kappa shape index (κ1) is 37.2. The Kier molecular flexibility index (Phi) is 10.9. The molecule has 4 fully saturated rings. The number of hydrogen-bond acceptors (Lipinski definition) is 8. The number of carbonyl (C=O) groups is 4. The number of benzene rings is 2. The number of halogens is 1. The van der Waals surface area contributed by atoms with E-state index in [1.54, 1.807) is 25.3 Å². The van der Waals surface area contributed by atoms with Crippen LogP contribution in [0.25, 0.3) is 11.8 Å². The number of rotatable bonds is 16. The molecule has 7 N–H and O–H groups in total. The van der Waals surface area contributed by atoms with Gasteiger partial charge in [0.05, 0.1) is 25.3 Å². The fourth-order valence-corrected chi connectivity index (χ4v) is 9.19. The number of carbonyl (C=O) groups excluding carboxylic acids is 4. The lowest BCUT2D eigenvalue weighted by molar-refractivity contribution is -0.337. The third-order valence-corrected chi connectivity index (χ3v) is 12.0. The molecule has 278 valence electrons. The van der Waals surface area contributed by atoms with Crippen LogP contribution in [0.4, 0.5) is 10.5 Å². The number of urea groups is 1. The zero-order valence-corrected chi connectivity index (χ0v) is 30.8. The normalized spacial score (nSPS) is 24.4. The number of nitrogens with two attached hydrogens (primary N) is 2. The van der Waals surface area contributed by atoms with Gasteiger partial charge in [-0.1, -0.05) is 43.6 Å². The van der Waals surface area contributed by atoms with E-state index in [1.165, 1.54) is 38.0 Å². The molecule has 6 rings (SSSR count). The highest BCUT2D eigenvalue weighted by Crippen LogP contribution is 2.89. The van der Waals surface area contributed by atoms with Gasteiger partial charge in [-0.2, -0.15) is 0 Å². The Morgan fingerprint density at radius 3 is 2.27 bits per heavy atom. The molecule has 52 heavy (non-hydrogen) atoms. The predicted octanol–water partition coefficient (Wildman–Crippen LogP) is 4.99. The maximum Gasteiger partial charge on any atom is 0.330 e. The lowest BCUT2D eigenvalue weighted by Crippen LogP contribution is -2.81. The molecule has 4 aliphatic carbocycles. The summed E-state index contributed by atoms with van der Waals surface area (Å²) in [5.41, 5.74) is 15.7. The zero-order chi connectivity index (χ0) is 37.3. The molecule has 2 aromatic rings. The average molecular weight is 734 g/mol. The molecule has 0 radical (unpaired) electrons. The van der Waals surface area contributed by atoms with Gasteiger partial charge < -0.3 is 41.6 Å². The Bertz CT molecular complexity index is 1770. The predicted molar refractivity (Wildman–Crippen MR) is 198 cm³/mol. The largest absolute Gasteiger partial charge is 0.496 e. The molecule has 4 saturated carbocycles. The molecular weight excluding hydrogens is 686 g/mol. The van der Waals surface area contributed by atoms with Crippen molar-refractivity contribution in [2.75, 3.05) is 26.1 Å². The molecule has 6 atom stereocenters. The van der Waals surface area contributed by atoms with Gasteiger partial charge in [0.25, 0.3) is 0 Å². The molecule has 12 nitrogen and oxygen atoms in total.